The molecule has 6 heteroatoms. The van der Waals surface area contributed by atoms with Crippen molar-refractivity contribution in [3.05, 3.63) is 28.5 Å². The molecule has 1 aromatic heterocycles. The number of amides is 1. The second kappa shape index (κ2) is 5.79. The van der Waals surface area contributed by atoms with Crippen LogP contribution in [0.25, 0.3) is 0 Å². The number of rotatable bonds is 4. The predicted molar refractivity (Wildman–Crippen MR) is 74.8 cm³/mol. The van der Waals surface area contributed by atoms with Gasteiger partial charge in [0.15, 0.2) is 0 Å². The van der Waals surface area contributed by atoms with Gasteiger partial charge < -0.3 is 10.0 Å². The molecule has 0 aliphatic carbocycles. The van der Waals surface area contributed by atoms with Crippen LogP contribution in [0.5, 0.6) is 0 Å². The smallest absolute Gasteiger partial charge is 0.306 e. The maximum Gasteiger partial charge on any atom is 0.306 e. The predicted octanol–water partition coefficient (Wildman–Crippen LogP) is 2.09. The molecule has 1 aliphatic heterocycles. The lowest BCUT2D eigenvalue weighted by Crippen LogP contribution is -2.53. The van der Waals surface area contributed by atoms with Gasteiger partial charge >= 0.3 is 5.97 Å². The van der Waals surface area contributed by atoms with E-state index in [9.17, 15) is 9.59 Å². The first-order valence-corrected chi connectivity index (χ1v) is 6.98. The van der Waals surface area contributed by atoms with Crippen LogP contribution in [0.1, 0.15) is 29.9 Å². The average Bonchev–Trinajstić information content (AvgIpc) is 2.35. The van der Waals surface area contributed by atoms with Crippen LogP contribution in [0.15, 0.2) is 12.1 Å². The minimum Gasteiger partial charge on any atom is -0.481 e. The summed E-state index contributed by atoms with van der Waals surface area (Å²) in [5.41, 5.74) is 1.29. The van der Waals surface area contributed by atoms with E-state index in [0.717, 1.165) is 5.69 Å². The lowest BCUT2D eigenvalue weighted by molar-refractivity contribution is -0.144. The molecule has 0 saturated carbocycles. The van der Waals surface area contributed by atoms with Crippen molar-refractivity contribution in [1.82, 2.24) is 9.88 Å². The average molecular weight is 297 g/mol. The highest BCUT2D eigenvalue weighted by molar-refractivity contribution is 6.29. The van der Waals surface area contributed by atoms with Gasteiger partial charge in [0.1, 0.15) is 5.15 Å². The molecular formula is C14H17ClN2O3. The van der Waals surface area contributed by atoms with E-state index in [4.69, 9.17) is 16.7 Å². The number of aliphatic carboxylic acids is 1. The van der Waals surface area contributed by atoms with Gasteiger partial charge in [0.2, 0.25) is 0 Å². The molecule has 1 unspecified atom stereocenters. The Labute approximate surface area is 122 Å². The Morgan fingerprint density at radius 3 is 2.70 bits per heavy atom. The number of likely N-dealkylation sites (tertiary alicyclic amines) is 1. The number of carbonyl (C=O) groups is 2. The van der Waals surface area contributed by atoms with E-state index in [-0.39, 0.29) is 11.8 Å². The van der Waals surface area contributed by atoms with Gasteiger partial charge in [-0.15, -0.1) is 0 Å². The fraction of sp³-hybridized carbons (Fsp3) is 0.500. The molecule has 2 heterocycles. The van der Waals surface area contributed by atoms with Crippen LogP contribution < -0.4 is 0 Å². The van der Waals surface area contributed by atoms with Crippen LogP contribution in [-0.4, -0.2) is 40.0 Å². The topological polar surface area (TPSA) is 70.5 Å². The number of carbonyl (C=O) groups excluding carboxylic acids is 1. The molecule has 1 amide bonds. The van der Waals surface area contributed by atoms with Gasteiger partial charge in [0.25, 0.3) is 5.91 Å². The van der Waals surface area contributed by atoms with Crippen molar-refractivity contribution < 1.29 is 14.7 Å². The van der Waals surface area contributed by atoms with Crippen LogP contribution in [0.4, 0.5) is 0 Å². The Kier molecular flexibility index (Phi) is 4.28. The minimum absolute atomic E-state index is 0.0272. The summed E-state index contributed by atoms with van der Waals surface area (Å²) in [5, 5.41) is 9.24. The second-order valence-electron chi connectivity index (χ2n) is 5.12. The van der Waals surface area contributed by atoms with E-state index in [0.29, 0.717) is 30.2 Å². The number of halogens is 1. The summed E-state index contributed by atoms with van der Waals surface area (Å²) < 4.78 is 0. The van der Waals surface area contributed by atoms with E-state index in [2.05, 4.69) is 4.98 Å². The maximum atomic E-state index is 12.3. The lowest BCUT2D eigenvalue weighted by Gasteiger charge is -2.41. The number of carboxylic acids is 1. The Morgan fingerprint density at radius 2 is 2.15 bits per heavy atom. The molecule has 1 atom stereocenters. The highest BCUT2D eigenvalue weighted by Crippen LogP contribution is 2.26. The molecule has 0 aromatic carbocycles. The van der Waals surface area contributed by atoms with Crippen LogP contribution in [0.3, 0.4) is 0 Å². The van der Waals surface area contributed by atoms with Crippen LogP contribution >= 0.6 is 11.6 Å². The van der Waals surface area contributed by atoms with Crippen molar-refractivity contribution in [2.24, 2.45) is 11.8 Å². The van der Waals surface area contributed by atoms with E-state index in [1.165, 1.54) is 0 Å². The largest absolute Gasteiger partial charge is 0.481 e. The first-order valence-electron chi connectivity index (χ1n) is 6.61. The highest BCUT2D eigenvalue weighted by Gasteiger charge is 2.37. The summed E-state index contributed by atoms with van der Waals surface area (Å²) in [6.07, 6.45) is 0.708. The molecule has 0 spiro atoms. The summed E-state index contributed by atoms with van der Waals surface area (Å²) in [6, 6.07) is 3.29. The molecule has 1 N–H and O–H groups in total. The van der Waals surface area contributed by atoms with Gasteiger partial charge in [-0.1, -0.05) is 25.4 Å². The van der Waals surface area contributed by atoms with Crippen molar-refractivity contribution in [2.45, 2.75) is 20.3 Å². The summed E-state index contributed by atoms with van der Waals surface area (Å²) in [4.78, 5) is 28.9. The monoisotopic (exact) mass is 296 g/mol. The summed E-state index contributed by atoms with van der Waals surface area (Å²) in [5.74, 6) is -1.33. The molecule has 1 aromatic rings. The van der Waals surface area contributed by atoms with Crippen molar-refractivity contribution in [3.8, 4) is 0 Å². The van der Waals surface area contributed by atoms with E-state index in [1.54, 1.807) is 24.0 Å². The second-order valence-corrected chi connectivity index (χ2v) is 5.51. The normalized spacial score (nSPS) is 16.6. The SMILES string of the molecule is CCc1cc(C(=O)N2CC(C(C)C(=O)O)C2)cc(Cl)n1. The number of carboxylic acid groups (broad SMARTS) is 1. The van der Waals surface area contributed by atoms with E-state index < -0.39 is 11.9 Å². The number of nitrogens with zero attached hydrogens (tertiary/aromatic N) is 2. The quantitative estimate of drug-likeness (QED) is 0.864. The lowest BCUT2D eigenvalue weighted by atomic mass is 9.86. The highest BCUT2D eigenvalue weighted by atomic mass is 35.5. The fourth-order valence-electron chi connectivity index (χ4n) is 2.23. The number of aryl methyl sites for hydroxylation is 1. The molecule has 1 fully saturated rings. The molecule has 0 radical (unpaired) electrons. The Morgan fingerprint density at radius 1 is 1.50 bits per heavy atom. The molecule has 0 bridgehead atoms. The van der Waals surface area contributed by atoms with Gasteiger partial charge in [0, 0.05) is 30.3 Å². The standard InChI is InChI=1S/C14H17ClN2O3/c1-3-11-4-9(5-12(15)16-11)13(18)17-6-10(7-17)8(2)14(19)20/h4-5,8,10H,3,6-7H2,1-2H3,(H,19,20). The zero-order chi connectivity index (χ0) is 14.9. The van der Waals surface area contributed by atoms with Gasteiger partial charge in [-0.3, -0.25) is 9.59 Å². The third-order valence-electron chi connectivity index (χ3n) is 3.75. The molecule has 5 nitrogen and oxygen atoms in total. The molecule has 1 aliphatic rings. The number of aromatic nitrogens is 1. The number of hydrogen-bond acceptors (Lipinski definition) is 3. The Balaban J connectivity index is 2.04. The number of pyridine rings is 1. The maximum absolute atomic E-state index is 12.3. The summed E-state index contributed by atoms with van der Waals surface area (Å²) in [6.45, 7) is 4.58. The minimum atomic E-state index is -0.817. The zero-order valence-corrected chi connectivity index (χ0v) is 12.2. The molecule has 108 valence electrons. The summed E-state index contributed by atoms with van der Waals surface area (Å²) in [7, 11) is 0. The van der Waals surface area contributed by atoms with Gasteiger partial charge in [-0.2, -0.15) is 0 Å². The van der Waals surface area contributed by atoms with Crippen molar-refractivity contribution >= 4 is 23.5 Å². The van der Waals surface area contributed by atoms with Gasteiger partial charge in [-0.25, -0.2) is 4.98 Å². The van der Waals surface area contributed by atoms with Crippen LogP contribution in [0, 0.1) is 11.8 Å². The van der Waals surface area contributed by atoms with E-state index >= 15 is 0 Å². The van der Waals surface area contributed by atoms with Crippen molar-refractivity contribution in [1.29, 1.82) is 0 Å². The van der Waals surface area contributed by atoms with Gasteiger partial charge in [0.05, 0.1) is 5.92 Å². The zero-order valence-electron chi connectivity index (χ0n) is 11.5. The molecule has 2 rings (SSSR count). The fourth-order valence-corrected chi connectivity index (χ4v) is 2.46. The van der Waals surface area contributed by atoms with Gasteiger partial charge in [-0.05, 0) is 18.6 Å². The number of hydrogen-bond donors (Lipinski definition) is 1. The molecular weight excluding hydrogens is 280 g/mol. The first kappa shape index (κ1) is 14.8. The third kappa shape index (κ3) is 2.93. The Bertz CT molecular complexity index is 541. The Hall–Kier alpha value is -1.62. The first-order chi connectivity index (χ1) is 9.42. The van der Waals surface area contributed by atoms with Crippen molar-refractivity contribution in [3.63, 3.8) is 0 Å². The van der Waals surface area contributed by atoms with Crippen molar-refractivity contribution in [2.75, 3.05) is 13.1 Å². The van der Waals surface area contributed by atoms with Crippen LogP contribution in [0.2, 0.25) is 5.15 Å². The summed E-state index contributed by atoms with van der Waals surface area (Å²) >= 11 is 5.90. The molecule has 20 heavy (non-hydrogen) atoms. The third-order valence-corrected chi connectivity index (χ3v) is 3.94. The van der Waals surface area contributed by atoms with Crippen LogP contribution in [-0.2, 0) is 11.2 Å². The molecule has 1 saturated heterocycles. The van der Waals surface area contributed by atoms with E-state index in [1.807, 2.05) is 6.92 Å².